The summed E-state index contributed by atoms with van der Waals surface area (Å²) in [6.45, 7) is 0.461. The van der Waals surface area contributed by atoms with Crippen LogP contribution in [0.1, 0.15) is 5.01 Å². The number of nitrogens with two attached hydrogens (primary N) is 1. The molecule has 1 aliphatic rings. The van der Waals surface area contributed by atoms with Gasteiger partial charge in [0.25, 0.3) is 0 Å². The SMILES string of the molecule is NCc1nc(-c2ccc3c(c2)NC(=O)CS3)cs1. The lowest BCUT2D eigenvalue weighted by molar-refractivity contribution is -0.113. The Balaban J connectivity index is 1.98. The van der Waals surface area contributed by atoms with Gasteiger partial charge in [-0.1, -0.05) is 6.07 Å². The average Bonchev–Trinajstić information content (AvgIpc) is 2.86. The van der Waals surface area contributed by atoms with Crippen molar-refractivity contribution in [3.05, 3.63) is 28.6 Å². The summed E-state index contributed by atoms with van der Waals surface area (Å²) in [5.41, 5.74) is 8.35. The lowest BCUT2D eigenvalue weighted by Gasteiger charge is -2.16. The van der Waals surface area contributed by atoms with Crippen molar-refractivity contribution in [2.24, 2.45) is 5.73 Å². The molecule has 0 fully saturated rings. The molecule has 0 radical (unpaired) electrons. The minimum absolute atomic E-state index is 0.0468. The summed E-state index contributed by atoms with van der Waals surface area (Å²) in [7, 11) is 0. The Morgan fingerprint density at radius 2 is 2.33 bits per heavy atom. The monoisotopic (exact) mass is 277 g/mol. The number of anilines is 1. The number of thioether (sulfide) groups is 1. The molecule has 1 aliphatic heterocycles. The summed E-state index contributed by atoms with van der Waals surface area (Å²) in [5, 5.41) is 5.79. The lowest BCUT2D eigenvalue weighted by Crippen LogP contribution is -2.18. The minimum atomic E-state index is 0.0468. The van der Waals surface area contributed by atoms with Gasteiger partial charge in [0.2, 0.25) is 5.91 Å². The van der Waals surface area contributed by atoms with Crippen LogP contribution in [0.2, 0.25) is 0 Å². The third-order valence-corrected chi connectivity index (χ3v) is 4.58. The Labute approximate surface area is 113 Å². The zero-order valence-electron chi connectivity index (χ0n) is 9.47. The van der Waals surface area contributed by atoms with Gasteiger partial charge in [-0.25, -0.2) is 4.98 Å². The van der Waals surface area contributed by atoms with Crippen LogP contribution in [0, 0.1) is 0 Å². The highest BCUT2D eigenvalue weighted by atomic mass is 32.2. The Hall–Kier alpha value is -1.37. The summed E-state index contributed by atoms with van der Waals surface area (Å²) in [4.78, 5) is 16.9. The first-order valence-electron chi connectivity index (χ1n) is 5.48. The predicted octanol–water partition coefficient (Wildman–Crippen LogP) is 2.31. The number of carbonyl (C=O) groups is 1. The fourth-order valence-electron chi connectivity index (χ4n) is 1.78. The van der Waals surface area contributed by atoms with Crippen molar-refractivity contribution < 1.29 is 4.79 Å². The van der Waals surface area contributed by atoms with Gasteiger partial charge in [-0.3, -0.25) is 4.79 Å². The first-order chi connectivity index (χ1) is 8.76. The van der Waals surface area contributed by atoms with Crippen molar-refractivity contribution in [3.8, 4) is 11.3 Å². The second-order valence-corrected chi connectivity index (χ2v) is 5.84. The molecule has 1 aromatic heterocycles. The van der Waals surface area contributed by atoms with E-state index < -0.39 is 0 Å². The molecule has 6 heteroatoms. The van der Waals surface area contributed by atoms with Gasteiger partial charge in [0.15, 0.2) is 0 Å². The van der Waals surface area contributed by atoms with E-state index in [2.05, 4.69) is 10.3 Å². The fourth-order valence-corrected chi connectivity index (χ4v) is 3.25. The number of fused-ring (bicyclic) bond motifs is 1. The molecule has 2 aromatic rings. The molecular formula is C12H11N3OS2. The van der Waals surface area contributed by atoms with Crippen LogP contribution in [0.4, 0.5) is 5.69 Å². The maximum atomic E-state index is 11.4. The number of nitrogens with zero attached hydrogens (tertiary/aromatic N) is 1. The van der Waals surface area contributed by atoms with Gasteiger partial charge < -0.3 is 11.1 Å². The van der Waals surface area contributed by atoms with Crippen LogP contribution >= 0.6 is 23.1 Å². The van der Waals surface area contributed by atoms with E-state index in [1.807, 2.05) is 23.6 Å². The van der Waals surface area contributed by atoms with E-state index in [0.717, 1.165) is 26.8 Å². The molecule has 0 saturated heterocycles. The van der Waals surface area contributed by atoms with Crippen molar-refractivity contribution in [1.29, 1.82) is 0 Å². The first-order valence-corrected chi connectivity index (χ1v) is 7.34. The van der Waals surface area contributed by atoms with Crippen LogP contribution < -0.4 is 11.1 Å². The first kappa shape index (κ1) is 11.7. The van der Waals surface area contributed by atoms with Crippen molar-refractivity contribution in [3.63, 3.8) is 0 Å². The summed E-state index contributed by atoms with van der Waals surface area (Å²) in [6, 6.07) is 6.02. The third kappa shape index (κ3) is 2.14. The molecule has 0 aliphatic carbocycles. The number of carbonyl (C=O) groups excluding carboxylic acids is 1. The Bertz CT molecular complexity index is 609. The molecule has 0 bridgehead atoms. The van der Waals surface area contributed by atoms with E-state index in [0.29, 0.717) is 12.3 Å². The maximum absolute atomic E-state index is 11.4. The molecule has 0 saturated carbocycles. The second kappa shape index (κ2) is 4.72. The number of hydrogen-bond acceptors (Lipinski definition) is 5. The summed E-state index contributed by atoms with van der Waals surface area (Å²) < 4.78 is 0. The van der Waals surface area contributed by atoms with Crippen molar-refractivity contribution in [1.82, 2.24) is 4.98 Å². The van der Waals surface area contributed by atoms with Crippen molar-refractivity contribution in [2.45, 2.75) is 11.4 Å². The summed E-state index contributed by atoms with van der Waals surface area (Å²) in [6.07, 6.45) is 0. The number of amides is 1. The average molecular weight is 277 g/mol. The number of nitrogens with one attached hydrogen (secondary N) is 1. The van der Waals surface area contributed by atoms with Crippen LogP contribution in [0.25, 0.3) is 11.3 Å². The van der Waals surface area contributed by atoms with Crippen LogP contribution in [-0.4, -0.2) is 16.6 Å². The van der Waals surface area contributed by atoms with E-state index >= 15 is 0 Å². The Kier molecular flexibility index (Phi) is 3.07. The number of benzene rings is 1. The molecule has 3 rings (SSSR count). The molecule has 3 N–H and O–H groups in total. The smallest absolute Gasteiger partial charge is 0.234 e. The van der Waals surface area contributed by atoms with Gasteiger partial charge in [-0.15, -0.1) is 23.1 Å². The molecular weight excluding hydrogens is 266 g/mol. The fraction of sp³-hybridized carbons (Fsp3) is 0.167. The van der Waals surface area contributed by atoms with E-state index in [1.165, 1.54) is 0 Å². The predicted molar refractivity (Wildman–Crippen MR) is 74.8 cm³/mol. The highest BCUT2D eigenvalue weighted by Crippen LogP contribution is 2.34. The standard InChI is InChI=1S/C12H11N3OS2/c13-4-12-15-9(5-18-12)7-1-2-10-8(3-7)14-11(16)6-17-10/h1-3,5H,4,6,13H2,(H,14,16). The summed E-state index contributed by atoms with van der Waals surface area (Å²) >= 11 is 3.11. The molecule has 1 aromatic carbocycles. The van der Waals surface area contributed by atoms with Crippen molar-refractivity contribution >= 4 is 34.7 Å². The number of hydrogen-bond donors (Lipinski definition) is 2. The largest absolute Gasteiger partial charge is 0.325 e. The van der Waals surface area contributed by atoms with Gasteiger partial charge >= 0.3 is 0 Å². The Morgan fingerprint density at radius 3 is 3.11 bits per heavy atom. The molecule has 0 spiro atoms. The lowest BCUT2D eigenvalue weighted by atomic mass is 10.1. The minimum Gasteiger partial charge on any atom is -0.325 e. The van der Waals surface area contributed by atoms with Crippen molar-refractivity contribution in [2.75, 3.05) is 11.1 Å². The summed E-state index contributed by atoms with van der Waals surface area (Å²) in [5.74, 6) is 0.533. The highest BCUT2D eigenvalue weighted by molar-refractivity contribution is 8.00. The molecule has 2 heterocycles. The number of thiazole rings is 1. The normalized spacial score (nSPS) is 14.2. The van der Waals surface area contributed by atoms with Crippen LogP contribution in [0.15, 0.2) is 28.5 Å². The Morgan fingerprint density at radius 1 is 1.44 bits per heavy atom. The highest BCUT2D eigenvalue weighted by Gasteiger charge is 2.16. The number of aromatic nitrogens is 1. The van der Waals surface area contributed by atoms with Gasteiger partial charge in [-0.2, -0.15) is 0 Å². The van der Waals surface area contributed by atoms with Gasteiger partial charge in [0.1, 0.15) is 5.01 Å². The van der Waals surface area contributed by atoms with E-state index in [-0.39, 0.29) is 5.91 Å². The second-order valence-electron chi connectivity index (χ2n) is 3.88. The van der Waals surface area contributed by atoms with Crippen LogP contribution in [0.5, 0.6) is 0 Å². The molecule has 1 amide bonds. The van der Waals surface area contributed by atoms with E-state index in [9.17, 15) is 4.79 Å². The molecule has 0 unspecified atom stereocenters. The molecule has 18 heavy (non-hydrogen) atoms. The van der Waals surface area contributed by atoms with E-state index in [1.54, 1.807) is 23.1 Å². The number of rotatable bonds is 2. The quantitative estimate of drug-likeness (QED) is 0.884. The van der Waals surface area contributed by atoms with Crippen LogP contribution in [0.3, 0.4) is 0 Å². The maximum Gasteiger partial charge on any atom is 0.234 e. The van der Waals surface area contributed by atoms with E-state index in [4.69, 9.17) is 5.73 Å². The van der Waals surface area contributed by atoms with Gasteiger partial charge in [0.05, 0.1) is 17.1 Å². The molecule has 0 atom stereocenters. The topological polar surface area (TPSA) is 68.0 Å². The van der Waals surface area contributed by atoms with Gasteiger partial charge in [0, 0.05) is 22.4 Å². The third-order valence-electron chi connectivity index (χ3n) is 2.63. The van der Waals surface area contributed by atoms with Crippen LogP contribution in [-0.2, 0) is 11.3 Å². The molecule has 92 valence electrons. The zero-order valence-corrected chi connectivity index (χ0v) is 11.1. The molecule has 4 nitrogen and oxygen atoms in total. The zero-order chi connectivity index (χ0) is 12.5. The van der Waals surface area contributed by atoms with Gasteiger partial charge in [-0.05, 0) is 12.1 Å².